The lowest BCUT2D eigenvalue weighted by Gasteiger charge is -2.41. The van der Waals surface area contributed by atoms with Crippen LogP contribution in [-0.4, -0.2) is 50.0 Å². The second-order valence-corrected chi connectivity index (χ2v) is 6.45. The Kier molecular flexibility index (Phi) is 4.33. The first-order valence-corrected chi connectivity index (χ1v) is 7.95. The first kappa shape index (κ1) is 16.2. The SMILES string of the molecule is CC1(c2ccccc2)CCCN(C(=O)Cn2cc(C(=O)O)nn2)C1. The van der Waals surface area contributed by atoms with Gasteiger partial charge < -0.3 is 10.0 Å². The summed E-state index contributed by atoms with van der Waals surface area (Å²) in [6.07, 6.45) is 3.25. The number of piperidine rings is 1. The van der Waals surface area contributed by atoms with Crippen LogP contribution in [0.1, 0.15) is 35.8 Å². The van der Waals surface area contributed by atoms with E-state index in [2.05, 4.69) is 29.4 Å². The molecule has 1 N–H and O–H groups in total. The third-order valence-electron chi connectivity index (χ3n) is 4.57. The molecule has 1 atom stereocenters. The predicted molar refractivity (Wildman–Crippen MR) is 86.6 cm³/mol. The van der Waals surface area contributed by atoms with Gasteiger partial charge in [-0.3, -0.25) is 4.79 Å². The number of carbonyl (C=O) groups excluding carboxylic acids is 1. The topological polar surface area (TPSA) is 88.3 Å². The molecule has 0 aliphatic carbocycles. The van der Waals surface area contributed by atoms with Crippen LogP contribution in [0.5, 0.6) is 0 Å². The van der Waals surface area contributed by atoms with E-state index in [0.29, 0.717) is 13.1 Å². The Balaban J connectivity index is 1.70. The fourth-order valence-electron chi connectivity index (χ4n) is 3.24. The second kappa shape index (κ2) is 6.43. The van der Waals surface area contributed by atoms with Crippen molar-refractivity contribution in [3.05, 3.63) is 47.8 Å². The molecule has 0 radical (unpaired) electrons. The molecule has 0 spiro atoms. The number of hydrogen-bond donors (Lipinski definition) is 1. The average Bonchev–Trinajstić information content (AvgIpc) is 3.04. The fraction of sp³-hybridized carbons (Fsp3) is 0.412. The lowest BCUT2D eigenvalue weighted by molar-refractivity contribution is -0.134. The van der Waals surface area contributed by atoms with Crippen molar-refractivity contribution >= 4 is 11.9 Å². The Morgan fingerprint density at radius 2 is 2.04 bits per heavy atom. The summed E-state index contributed by atoms with van der Waals surface area (Å²) < 4.78 is 1.28. The molecular formula is C17H20N4O3. The number of rotatable bonds is 4. The number of likely N-dealkylation sites (tertiary alicyclic amines) is 1. The van der Waals surface area contributed by atoms with E-state index in [-0.39, 0.29) is 23.6 Å². The van der Waals surface area contributed by atoms with Gasteiger partial charge in [-0.05, 0) is 18.4 Å². The van der Waals surface area contributed by atoms with E-state index in [0.717, 1.165) is 12.8 Å². The van der Waals surface area contributed by atoms with Crippen LogP contribution in [0.3, 0.4) is 0 Å². The van der Waals surface area contributed by atoms with E-state index in [1.807, 2.05) is 23.1 Å². The van der Waals surface area contributed by atoms with E-state index in [4.69, 9.17) is 5.11 Å². The largest absolute Gasteiger partial charge is 0.476 e. The highest BCUT2D eigenvalue weighted by molar-refractivity contribution is 5.84. The van der Waals surface area contributed by atoms with E-state index in [1.165, 1.54) is 16.4 Å². The molecule has 1 unspecified atom stereocenters. The van der Waals surface area contributed by atoms with Crippen molar-refractivity contribution in [1.29, 1.82) is 0 Å². The van der Waals surface area contributed by atoms with Gasteiger partial charge in [0.05, 0.1) is 6.20 Å². The quantitative estimate of drug-likeness (QED) is 0.920. The Morgan fingerprint density at radius 1 is 1.29 bits per heavy atom. The highest BCUT2D eigenvalue weighted by Crippen LogP contribution is 2.33. The molecule has 7 heteroatoms. The van der Waals surface area contributed by atoms with Crippen LogP contribution in [0.4, 0.5) is 0 Å². The van der Waals surface area contributed by atoms with Crippen LogP contribution in [-0.2, 0) is 16.8 Å². The van der Waals surface area contributed by atoms with Crippen LogP contribution < -0.4 is 0 Å². The zero-order valence-corrected chi connectivity index (χ0v) is 13.6. The first-order chi connectivity index (χ1) is 11.5. The minimum Gasteiger partial charge on any atom is -0.476 e. The lowest BCUT2D eigenvalue weighted by atomic mass is 9.76. The van der Waals surface area contributed by atoms with Gasteiger partial charge in [-0.25, -0.2) is 9.48 Å². The molecule has 3 rings (SSSR count). The van der Waals surface area contributed by atoms with Gasteiger partial charge in [-0.1, -0.05) is 42.5 Å². The molecule has 0 bridgehead atoms. The van der Waals surface area contributed by atoms with Crippen LogP contribution in [0, 0.1) is 0 Å². The molecule has 126 valence electrons. The molecule has 24 heavy (non-hydrogen) atoms. The zero-order chi connectivity index (χ0) is 17.2. The molecule has 0 saturated carbocycles. The summed E-state index contributed by atoms with van der Waals surface area (Å²) in [4.78, 5) is 25.2. The van der Waals surface area contributed by atoms with E-state index < -0.39 is 5.97 Å². The molecule has 1 aromatic carbocycles. The first-order valence-electron chi connectivity index (χ1n) is 7.95. The van der Waals surface area contributed by atoms with Crippen molar-refractivity contribution in [3.8, 4) is 0 Å². The molecule has 1 amide bonds. The van der Waals surface area contributed by atoms with Crippen LogP contribution >= 0.6 is 0 Å². The van der Waals surface area contributed by atoms with Gasteiger partial charge in [0.1, 0.15) is 6.54 Å². The summed E-state index contributed by atoms with van der Waals surface area (Å²) in [7, 11) is 0. The maximum atomic E-state index is 12.6. The number of nitrogens with zero attached hydrogens (tertiary/aromatic N) is 4. The molecule has 1 aliphatic rings. The highest BCUT2D eigenvalue weighted by atomic mass is 16.4. The Hall–Kier alpha value is -2.70. The number of carboxylic acid groups (broad SMARTS) is 1. The molecule has 1 saturated heterocycles. The minimum atomic E-state index is -1.15. The second-order valence-electron chi connectivity index (χ2n) is 6.45. The van der Waals surface area contributed by atoms with E-state index in [9.17, 15) is 9.59 Å². The highest BCUT2D eigenvalue weighted by Gasteiger charge is 2.34. The normalized spacial score (nSPS) is 20.8. The molecule has 7 nitrogen and oxygen atoms in total. The third-order valence-corrected chi connectivity index (χ3v) is 4.57. The molecular weight excluding hydrogens is 308 g/mol. The predicted octanol–water partition coefficient (Wildman–Crippen LogP) is 1.56. The lowest BCUT2D eigenvalue weighted by Crippen LogP contribution is -2.48. The number of aromatic nitrogens is 3. The number of carboxylic acids is 1. The van der Waals surface area contributed by atoms with Gasteiger partial charge in [0.25, 0.3) is 0 Å². The Bertz CT molecular complexity index is 743. The maximum absolute atomic E-state index is 12.6. The van der Waals surface area contributed by atoms with Crippen molar-refractivity contribution in [2.45, 2.75) is 31.7 Å². The summed E-state index contributed by atoms with van der Waals surface area (Å²) in [6, 6.07) is 10.2. The fourth-order valence-corrected chi connectivity index (χ4v) is 3.24. The van der Waals surface area contributed by atoms with Crippen LogP contribution in [0.15, 0.2) is 36.5 Å². The molecule has 2 aromatic rings. The van der Waals surface area contributed by atoms with Crippen molar-refractivity contribution in [1.82, 2.24) is 19.9 Å². The summed E-state index contributed by atoms with van der Waals surface area (Å²) in [6.45, 7) is 3.54. The molecule has 1 aromatic heterocycles. The van der Waals surface area contributed by atoms with Crippen molar-refractivity contribution < 1.29 is 14.7 Å². The maximum Gasteiger partial charge on any atom is 0.358 e. The third kappa shape index (κ3) is 3.29. The number of amides is 1. The summed E-state index contributed by atoms with van der Waals surface area (Å²) in [5.74, 6) is -1.22. The van der Waals surface area contributed by atoms with Crippen molar-refractivity contribution in [2.75, 3.05) is 13.1 Å². The zero-order valence-electron chi connectivity index (χ0n) is 13.6. The van der Waals surface area contributed by atoms with E-state index >= 15 is 0 Å². The van der Waals surface area contributed by atoms with Gasteiger partial charge >= 0.3 is 5.97 Å². The summed E-state index contributed by atoms with van der Waals surface area (Å²) in [5.41, 5.74) is 1.01. The minimum absolute atomic E-state index is 0.00511. The summed E-state index contributed by atoms with van der Waals surface area (Å²) >= 11 is 0. The molecule has 1 aliphatic heterocycles. The monoisotopic (exact) mass is 328 g/mol. The Morgan fingerprint density at radius 3 is 2.71 bits per heavy atom. The number of carbonyl (C=O) groups is 2. The van der Waals surface area contributed by atoms with Crippen LogP contribution in [0.2, 0.25) is 0 Å². The number of aromatic carboxylic acids is 1. The van der Waals surface area contributed by atoms with Crippen LogP contribution in [0.25, 0.3) is 0 Å². The number of hydrogen-bond acceptors (Lipinski definition) is 4. The Labute approximate surface area is 139 Å². The average molecular weight is 328 g/mol. The van der Waals surface area contributed by atoms with Gasteiger partial charge in [-0.15, -0.1) is 5.10 Å². The van der Waals surface area contributed by atoms with Gasteiger partial charge in [-0.2, -0.15) is 0 Å². The molecule has 1 fully saturated rings. The van der Waals surface area contributed by atoms with Crippen molar-refractivity contribution in [3.63, 3.8) is 0 Å². The smallest absolute Gasteiger partial charge is 0.358 e. The standard InChI is InChI=1S/C17H20N4O3/c1-17(13-6-3-2-4-7-13)8-5-9-20(12-17)15(22)11-21-10-14(16(23)24)18-19-21/h2-4,6-7,10H,5,8-9,11-12H2,1H3,(H,23,24). The van der Waals surface area contributed by atoms with Gasteiger partial charge in [0.2, 0.25) is 5.91 Å². The summed E-state index contributed by atoms with van der Waals surface area (Å²) in [5, 5.41) is 16.1. The van der Waals surface area contributed by atoms with Gasteiger partial charge in [0.15, 0.2) is 5.69 Å². The van der Waals surface area contributed by atoms with Gasteiger partial charge in [0, 0.05) is 18.5 Å². The molecule has 2 heterocycles. The number of benzene rings is 1. The van der Waals surface area contributed by atoms with Crippen molar-refractivity contribution in [2.24, 2.45) is 0 Å². The van der Waals surface area contributed by atoms with E-state index in [1.54, 1.807) is 0 Å².